The summed E-state index contributed by atoms with van der Waals surface area (Å²) in [4.78, 5) is 28.6. The van der Waals surface area contributed by atoms with Crippen molar-refractivity contribution in [1.29, 1.82) is 0 Å². The Morgan fingerprint density at radius 3 is 2.66 bits per heavy atom. The van der Waals surface area contributed by atoms with Crippen LogP contribution in [-0.2, 0) is 9.53 Å². The normalized spacial score (nSPS) is 10.9. The lowest BCUT2D eigenvalue weighted by molar-refractivity contribution is -0.115. The lowest BCUT2D eigenvalue weighted by Crippen LogP contribution is -2.32. The third-order valence-corrected chi connectivity index (χ3v) is 5.58. The maximum atomic E-state index is 12.2. The number of carbonyl (C=O) groups excluding carboxylic acids is 2. The summed E-state index contributed by atoms with van der Waals surface area (Å²) in [6.07, 6.45) is 2.78. The molecule has 0 unspecified atom stereocenters. The predicted molar refractivity (Wildman–Crippen MR) is 130 cm³/mol. The van der Waals surface area contributed by atoms with Crippen LogP contribution in [0.25, 0.3) is 17.4 Å². The van der Waals surface area contributed by atoms with Gasteiger partial charge in [0.1, 0.15) is 16.4 Å². The molecule has 32 heavy (non-hydrogen) atoms. The molecule has 0 spiro atoms. The average Bonchev–Trinajstić information content (AvgIpc) is 3.32. The fourth-order valence-corrected chi connectivity index (χ4v) is 4.22. The van der Waals surface area contributed by atoms with Crippen molar-refractivity contribution in [3.8, 4) is 11.3 Å². The molecule has 166 valence electrons. The molecule has 0 aliphatic carbocycles. The molecular formula is C21H17Cl2N3O4S2. The smallest absolute Gasteiger partial charge is 0.350 e. The van der Waals surface area contributed by atoms with Crippen LogP contribution >= 0.6 is 46.8 Å². The zero-order valence-corrected chi connectivity index (χ0v) is 20.0. The molecule has 0 aliphatic heterocycles. The minimum atomic E-state index is -0.467. The Kier molecular flexibility index (Phi) is 8.03. The van der Waals surface area contributed by atoms with E-state index in [0.717, 1.165) is 16.9 Å². The number of thiazole rings is 1. The Hall–Kier alpha value is -2.72. The van der Waals surface area contributed by atoms with Gasteiger partial charge in [-0.2, -0.15) is 0 Å². The number of hydrogen-bond donors (Lipinski definition) is 2. The summed E-state index contributed by atoms with van der Waals surface area (Å²) in [6.45, 7) is 3.68. The number of thiocarbonyl (C=S) groups is 1. The van der Waals surface area contributed by atoms with Crippen molar-refractivity contribution >= 4 is 75.0 Å². The number of carbonyl (C=O) groups is 2. The van der Waals surface area contributed by atoms with E-state index >= 15 is 0 Å². The van der Waals surface area contributed by atoms with Crippen molar-refractivity contribution in [1.82, 2.24) is 10.3 Å². The maximum Gasteiger partial charge on any atom is 0.350 e. The van der Waals surface area contributed by atoms with Crippen LogP contribution in [0.15, 0.2) is 40.8 Å². The second-order valence-electron chi connectivity index (χ2n) is 6.29. The molecule has 0 saturated carbocycles. The van der Waals surface area contributed by atoms with Crippen LogP contribution in [0.5, 0.6) is 0 Å². The molecular weight excluding hydrogens is 493 g/mol. The quantitative estimate of drug-likeness (QED) is 0.249. The lowest BCUT2D eigenvalue weighted by atomic mass is 10.2. The van der Waals surface area contributed by atoms with Crippen LogP contribution in [0.1, 0.15) is 28.0 Å². The highest BCUT2D eigenvalue weighted by Crippen LogP contribution is 2.29. The molecule has 0 atom stereocenters. The molecule has 0 bridgehead atoms. The van der Waals surface area contributed by atoms with Crippen molar-refractivity contribution in [3.05, 3.63) is 62.8 Å². The van der Waals surface area contributed by atoms with Gasteiger partial charge in [0.25, 0.3) is 0 Å². The number of nitrogens with one attached hydrogen (secondary N) is 2. The van der Waals surface area contributed by atoms with Crippen LogP contribution in [0.3, 0.4) is 0 Å². The fourth-order valence-electron chi connectivity index (χ4n) is 2.57. The molecule has 0 aliphatic rings. The molecule has 7 nitrogen and oxygen atoms in total. The summed E-state index contributed by atoms with van der Waals surface area (Å²) >= 11 is 18.3. The molecule has 2 aromatic heterocycles. The minimum absolute atomic E-state index is 0.0394. The second-order valence-corrected chi connectivity index (χ2v) is 8.57. The van der Waals surface area contributed by atoms with Crippen molar-refractivity contribution < 1.29 is 18.7 Å². The number of aromatic nitrogens is 1. The van der Waals surface area contributed by atoms with Crippen molar-refractivity contribution in [2.75, 3.05) is 11.9 Å². The average molecular weight is 510 g/mol. The zero-order chi connectivity index (χ0) is 23.3. The summed E-state index contributed by atoms with van der Waals surface area (Å²) in [5.41, 5.74) is 1.23. The van der Waals surface area contributed by atoms with Gasteiger partial charge in [0.05, 0.1) is 12.3 Å². The predicted octanol–water partition coefficient (Wildman–Crippen LogP) is 5.72. The van der Waals surface area contributed by atoms with Crippen LogP contribution in [0.4, 0.5) is 5.13 Å². The van der Waals surface area contributed by atoms with Crippen molar-refractivity contribution in [3.63, 3.8) is 0 Å². The summed E-state index contributed by atoms with van der Waals surface area (Å²) in [6, 6.07) is 8.54. The van der Waals surface area contributed by atoms with Gasteiger partial charge >= 0.3 is 5.97 Å². The van der Waals surface area contributed by atoms with Gasteiger partial charge in [-0.25, -0.2) is 9.78 Å². The van der Waals surface area contributed by atoms with Gasteiger partial charge in [0.2, 0.25) is 5.91 Å². The van der Waals surface area contributed by atoms with Gasteiger partial charge in [0.15, 0.2) is 10.2 Å². The molecule has 3 rings (SSSR count). The topological polar surface area (TPSA) is 93.5 Å². The van der Waals surface area contributed by atoms with Gasteiger partial charge < -0.3 is 14.5 Å². The second kappa shape index (κ2) is 10.7. The van der Waals surface area contributed by atoms with E-state index in [0.29, 0.717) is 37.3 Å². The molecule has 0 saturated heterocycles. The van der Waals surface area contributed by atoms with Gasteiger partial charge in [0, 0.05) is 21.7 Å². The number of furan rings is 1. The summed E-state index contributed by atoms with van der Waals surface area (Å²) < 4.78 is 10.7. The maximum absolute atomic E-state index is 12.2. The molecule has 1 amide bonds. The number of anilines is 1. The number of esters is 1. The van der Waals surface area contributed by atoms with E-state index in [1.807, 2.05) is 0 Å². The summed E-state index contributed by atoms with van der Waals surface area (Å²) in [5.74, 6) is 0.0967. The standard InChI is InChI=1S/C21H17Cl2N3O4S2/c1-3-29-19(28)18-11(2)24-21(32-18)26-20(31)25-17(27)7-5-15-4-6-16(30-15)12-8-13(22)10-14(23)9-12/h4-10H,3H2,1-2H3,(H2,24,25,26,27,31)/b7-5+. The van der Waals surface area contributed by atoms with Crippen LogP contribution < -0.4 is 10.6 Å². The largest absolute Gasteiger partial charge is 0.462 e. The Labute approximate surface area is 203 Å². The number of amides is 1. The summed E-state index contributed by atoms with van der Waals surface area (Å²) in [5, 5.41) is 6.68. The number of aryl methyl sites for hydroxylation is 1. The number of hydrogen-bond acceptors (Lipinski definition) is 7. The first kappa shape index (κ1) is 23.9. The SMILES string of the molecule is CCOC(=O)c1sc(NC(=S)NC(=O)/C=C/c2ccc(-c3cc(Cl)cc(Cl)c3)o2)nc1C. The third kappa shape index (κ3) is 6.39. The van der Waals surface area contributed by atoms with E-state index in [2.05, 4.69) is 15.6 Å². The first-order chi connectivity index (χ1) is 15.2. The van der Waals surface area contributed by atoms with Gasteiger partial charge in [-0.15, -0.1) is 0 Å². The fraction of sp³-hybridized carbons (Fsp3) is 0.143. The van der Waals surface area contributed by atoms with E-state index in [1.54, 1.807) is 44.2 Å². The van der Waals surface area contributed by atoms with E-state index in [1.165, 1.54) is 12.2 Å². The van der Waals surface area contributed by atoms with Crippen molar-refractivity contribution in [2.24, 2.45) is 0 Å². The Morgan fingerprint density at radius 1 is 1.25 bits per heavy atom. The molecule has 2 N–H and O–H groups in total. The van der Waals surface area contributed by atoms with Gasteiger partial charge in [-0.3, -0.25) is 10.1 Å². The molecule has 11 heteroatoms. The first-order valence-electron chi connectivity index (χ1n) is 9.26. The molecule has 3 aromatic rings. The van der Waals surface area contributed by atoms with E-state index < -0.39 is 11.9 Å². The van der Waals surface area contributed by atoms with Crippen LogP contribution in [0, 0.1) is 6.92 Å². The monoisotopic (exact) mass is 509 g/mol. The Balaban J connectivity index is 1.58. The van der Waals surface area contributed by atoms with E-state index in [9.17, 15) is 9.59 Å². The highest BCUT2D eigenvalue weighted by atomic mass is 35.5. The minimum Gasteiger partial charge on any atom is -0.462 e. The van der Waals surface area contributed by atoms with Crippen molar-refractivity contribution in [2.45, 2.75) is 13.8 Å². The molecule has 2 heterocycles. The third-order valence-electron chi connectivity index (χ3n) is 3.89. The van der Waals surface area contributed by atoms with E-state index in [4.69, 9.17) is 44.6 Å². The number of halogens is 2. The summed E-state index contributed by atoms with van der Waals surface area (Å²) in [7, 11) is 0. The highest BCUT2D eigenvalue weighted by molar-refractivity contribution is 7.80. The molecule has 0 radical (unpaired) electrons. The van der Waals surface area contributed by atoms with E-state index in [-0.39, 0.29) is 11.7 Å². The number of benzene rings is 1. The van der Waals surface area contributed by atoms with Gasteiger partial charge in [-0.05, 0) is 62.5 Å². The number of nitrogens with zero attached hydrogens (tertiary/aromatic N) is 1. The Morgan fingerprint density at radius 2 is 1.97 bits per heavy atom. The first-order valence-corrected chi connectivity index (χ1v) is 11.2. The lowest BCUT2D eigenvalue weighted by Gasteiger charge is -2.04. The molecule has 1 aromatic carbocycles. The highest BCUT2D eigenvalue weighted by Gasteiger charge is 2.17. The Bertz CT molecular complexity index is 1180. The number of rotatable bonds is 6. The van der Waals surface area contributed by atoms with Gasteiger partial charge in [-0.1, -0.05) is 34.5 Å². The molecule has 0 fully saturated rings. The zero-order valence-electron chi connectivity index (χ0n) is 16.9. The number of ether oxygens (including phenoxy) is 1. The van der Waals surface area contributed by atoms with Crippen LogP contribution in [0.2, 0.25) is 10.0 Å². The van der Waals surface area contributed by atoms with Crippen LogP contribution in [-0.4, -0.2) is 28.6 Å².